The molecular formula is C29H46N8O3. The summed E-state index contributed by atoms with van der Waals surface area (Å²) in [6.45, 7) is 2.93. The van der Waals surface area contributed by atoms with Crippen LogP contribution in [-0.4, -0.2) is 72.5 Å². The molecule has 11 heteroatoms. The van der Waals surface area contributed by atoms with Gasteiger partial charge in [0.1, 0.15) is 0 Å². The number of anilines is 4. The van der Waals surface area contributed by atoms with Crippen molar-refractivity contribution in [1.82, 2.24) is 20.3 Å². The highest BCUT2D eigenvalue weighted by atomic mass is 16.5. The summed E-state index contributed by atoms with van der Waals surface area (Å²) in [5.74, 6) is 1.69. The van der Waals surface area contributed by atoms with Gasteiger partial charge in [-0.25, -0.2) is 0 Å². The SMILES string of the molecule is NCCOCCOCCNC(=O)Cc1ccc(Nc2nc(NC3CCCCC3)nc(NC3CCCCC3)n2)cc1. The van der Waals surface area contributed by atoms with Crippen molar-refractivity contribution in [3.05, 3.63) is 29.8 Å². The quantitative estimate of drug-likeness (QED) is 0.194. The minimum atomic E-state index is -0.0435. The highest BCUT2D eigenvalue weighted by Crippen LogP contribution is 2.24. The molecule has 6 N–H and O–H groups in total. The van der Waals surface area contributed by atoms with E-state index in [9.17, 15) is 4.79 Å². The third-order valence-electron chi connectivity index (χ3n) is 7.29. The van der Waals surface area contributed by atoms with Crippen molar-refractivity contribution in [2.24, 2.45) is 5.73 Å². The molecule has 4 rings (SSSR count). The van der Waals surface area contributed by atoms with Gasteiger partial charge in [0, 0.05) is 30.9 Å². The van der Waals surface area contributed by atoms with Crippen molar-refractivity contribution in [3.63, 3.8) is 0 Å². The Morgan fingerprint density at radius 3 is 1.88 bits per heavy atom. The van der Waals surface area contributed by atoms with E-state index in [1.165, 1.54) is 38.5 Å². The first-order valence-electron chi connectivity index (χ1n) is 15.0. The van der Waals surface area contributed by atoms with E-state index in [4.69, 9.17) is 20.2 Å². The molecule has 0 spiro atoms. The normalized spacial score (nSPS) is 16.4. The Morgan fingerprint density at radius 1 is 0.750 bits per heavy atom. The summed E-state index contributed by atoms with van der Waals surface area (Å²) in [4.78, 5) is 26.4. The minimum absolute atomic E-state index is 0.0435. The molecule has 2 aromatic rings. The fraction of sp³-hybridized carbons (Fsp3) is 0.655. The Bertz CT molecular complexity index is 973. The molecule has 0 aliphatic heterocycles. The van der Waals surface area contributed by atoms with Crippen molar-refractivity contribution >= 4 is 29.4 Å². The van der Waals surface area contributed by atoms with Crippen LogP contribution in [0, 0.1) is 0 Å². The summed E-state index contributed by atoms with van der Waals surface area (Å²) in [5, 5.41) is 13.3. The molecule has 2 saturated carbocycles. The van der Waals surface area contributed by atoms with Crippen LogP contribution in [0.15, 0.2) is 24.3 Å². The number of nitrogens with two attached hydrogens (primary N) is 1. The molecule has 220 valence electrons. The molecule has 1 aromatic heterocycles. The Labute approximate surface area is 237 Å². The second-order valence-corrected chi connectivity index (χ2v) is 10.6. The summed E-state index contributed by atoms with van der Waals surface area (Å²) in [5.41, 5.74) is 7.15. The number of nitrogens with zero attached hydrogens (tertiary/aromatic N) is 3. The lowest BCUT2D eigenvalue weighted by Gasteiger charge is -2.25. The predicted octanol–water partition coefficient (Wildman–Crippen LogP) is 3.76. The number of nitrogens with one attached hydrogen (secondary N) is 4. The first kappa shape index (κ1) is 30.0. The summed E-state index contributed by atoms with van der Waals surface area (Å²) in [6, 6.07) is 8.57. The number of hydrogen-bond acceptors (Lipinski definition) is 10. The average Bonchev–Trinajstić information content (AvgIpc) is 2.96. The highest BCUT2D eigenvalue weighted by molar-refractivity contribution is 5.78. The largest absolute Gasteiger partial charge is 0.378 e. The van der Waals surface area contributed by atoms with Crippen molar-refractivity contribution in [2.75, 3.05) is 55.5 Å². The topological polar surface area (TPSA) is 148 Å². The first-order valence-corrected chi connectivity index (χ1v) is 15.0. The maximum atomic E-state index is 12.3. The minimum Gasteiger partial charge on any atom is -0.378 e. The smallest absolute Gasteiger partial charge is 0.233 e. The van der Waals surface area contributed by atoms with Crippen LogP contribution in [0.2, 0.25) is 0 Å². The molecule has 1 amide bonds. The van der Waals surface area contributed by atoms with Crippen LogP contribution in [0.1, 0.15) is 69.8 Å². The van der Waals surface area contributed by atoms with Gasteiger partial charge in [0.2, 0.25) is 23.8 Å². The van der Waals surface area contributed by atoms with Gasteiger partial charge in [-0.3, -0.25) is 4.79 Å². The number of hydrogen-bond donors (Lipinski definition) is 5. The lowest BCUT2D eigenvalue weighted by Crippen LogP contribution is -2.29. The van der Waals surface area contributed by atoms with Gasteiger partial charge in [-0.15, -0.1) is 0 Å². The van der Waals surface area contributed by atoms with E-state index in [2.05, 4.69) is 31.2 Å². The summed E-state index contributed by atoms with van der Waals surface area (Å²) in [6.07, 6.45) is 12.4. The Hall–Kier alpha value is -3.02. The predicted molar refractivity (Wildman–Crippen MR) is 158 cm³/mol. The Morgan fingerprint density at radius 2 is 1.30 bits per heavy atom. The van der Waals surface area contributed by atoms with Gasteiger partial charge >= 0.3 is 0 Å². The molecule has 0 radical (unpaired) electrons. The van der Waals surface area contributed by atoms with Crippen LogP contribution < -0.4 is 27.0 Å². The zero-order valence-electron chi connectivity index (χ0n) is 23.6. The molecule has 2 fully saturated rings. The number of carbonyl (C=O) groups excluding carboxylic acids is 1. The van der Waals surface area contributed by atoms with Crippen molar-refractivity contribution < 1.29 is 14.3 Å². The number of ether oxygens (including phenoxy) is 2. The molecule has 2 aliphatic carbocycles. The van der Waals surface area contributed by atoms with E-state index in [-0.39, 0.29) is 5.91 Å². The average molecular weight is 555 g/mol. The number of aromatic nitrogens is 3. The molecule has 0 atom stereocenters. The molecule has 2 aliphatic rings. The molecule has 1 aromatic carbocycles. The fourth-order valence-electron chi connectivity index (χ4n) is 5.17. The van der Waals surface area contributed by atoms with E-state index in [0.717, 1.165) is 36.9 Å². The Kier molecular flexibility index (Phi) is 12.7. The molecule has 0 unspecified atom stereocenters. The maximum Gasteiger partial charge on any atom is 0.233 e. The molecule has 1 heterocycles. The van der Waals surface area contributed by atoms with Gasteiger partial charge in [-0.2, -0.15) is 15.0 Å². The van der Waals surface area contributed by atoms with E-state index in [1.807, 2.05) is 24.3 Å². The second-order valence-electron chi connectivity index (χ2n) is 10.6. The van der Waals surface area contributed by atoms with Crippen molar-refractivity contribution in [1.29, 1.82) is 0 Å². The van der Waals surface area contributed by atoms with Gasteiger partial charge in [0.05, 0.1) is 32.8 Å². The van der Waals surface area contributed by atoms with Crippen LogP contribution in [-0.2, 0) is 20.7 Å². The van der Waals surface area contributed by atoms with Crippen LogP contribution >= 0.6 is 0 Å². The fourth-order valence-corrected chi connectivity index (χ4v) is 5.17. The molecule has 11 nitrogen and oxygen atoms in total. The summed E-state index contributed by atoms with van der Waals surface area (Å²) in [7, 11) is 0. The number of benzene rings is 1. The maximum absolute atomic E-state index is 12.3. The van der Waals surface area contributed by atoms with Gasteiger partial charge < -0.3 is 36.5 Å². The molecular weight excluding hydrogens is 508 g/mol. The summed E-state index contributed by atoms with van der Waals surface area (Å²) < 4.78 is 10.7. The molecule has 0 bridgehead atoms. The highest BCUT2D eigenvalue weighted by Gasteiger charge is 2.18. The van der Waals surface area contributed by atoms with Gasteiger partial charge in [0.15, 0.2) is 0 Å². The van der Waals surface area contributed by atoms with Crippen molar-refractivity contribution in [2.45, 2.75) is 82.7 Å². The van der Waals surface area contributed by atoms with Crippen LogP contribution in [0.4, 0.5) is 23.5 Å². The zero-order valence-corrected chi connectivity index (χ0v) is 23.6. The molecule has 40 heavy (non-hydrogen) atoms. The monoisotopic (exact) mass is 554 g/mol. The van der Waals surface area contributed by atoms with Gasteiger partial charge in [-0.1, -0.05) is 50.7 Å². The summed E-state index contributed by atoms with van der Waals surface area (Å²) >= 11 is 0. The third kappa shape index (κ3) is 10.9. The lowest BCUT2D eigenvalue weighted by atomic mass is 9.96. The van der Waals surface area contributed by atoms with E-state index < -0.39 is 0 Å². The van der Waals surface area contributed by atoms with Crippen LogP contribution in [0.25, 0.3) is 0 Å². The standard InChI is InChI=1S/C29H46N8O3/c30-15-17-39-19-20-40-18-16-31-26(38)21-22-11-13-25(14-12-22)34-29-36-27(32-23-7-3-1-4-8-23)35-28(37-29)33-24-9-5-2-6-10-24/h11-14,23-24H,1-10,15-21,30H2,(H,31,38)(H3,32,33,34,35,36,37). The second kappa shape index (κ2) is 16.9. The van der Waals surface area contributed by atoms with Crippen molar-refractivity contribution in [3.8, 4) is 0 Å². The number of amides is 1. The third-order valence-corrected chi connectivity index (χ3v) is 7.29. The van der Waals surface area contributed by atoms with Gasteiger partial charge in [0.25, 0.3) is 0 Å². The van der Waals surface area contributed by atoms with Crippen LogP contribution in [0.3, 0.4) is 0 Å². The van der Waals surface area contributed by atoms with E-state index in [0.29, 0.717) is 75.9 Å². The number of carbonyl (C=O) groups is 1. The van der Waals surface area contributed by atoms with E-state index in [1.54, 1.807) is 0 Å². The van der Waals surface area contributed by atoms with E-state index >= 15 is 0 Å². The number of rotatable bonds is 16. The molecule has 0 saturated heterocycles. The van der Waals surface area contributed by atoms with Gasteiger partial charge in [-0.05, 0) is 43.4 Å². The van der Waals surface area contributed by atoms with Crippen LogP contribution in [0.5, 0.6) is 0 Å². The zero-order chi connectivity index (χ0) is 27.8. The first-order chi connectivity index (χ1) is 19.7. The lowest BCUT2D eigenvalue weighted by molar-refractivity contribution is -0.120. The Balaban J connectivity index is 1.28.